The summed E-state index contributed by atoms with van der Waals surface area (Å²) in [5, 5.41) is 0. The van der Waals surface area contributed by atoms with Crippen LogP contribution in [0.15, 0.2) is 41.3 Å². The van der Waals surface area contributed by atoms with E-state index in [1.807, 2.05) is 0 Å². The number of halogens is 1. The van der Waals surface area contributed by atoms with Crippen molar-refractivity contribution in [3.8, 4) is 0 Å². The van der Waals surface area contributed by atoms with Crippen LogP contribution in [0, 0.1) is 19.7 Å². The summed E-state index contributed by atoms with van der Waals surface area (Å²) in [6, 6.07) is 8.70. The van der Waals surface area contributed by atoms with Crippen molar-refractivity contribution in [1.82, 2.24) is 0 Å². The van der Waals surface area contributed by atoms with Crippen molar-refractivity contribution in [1.29, 1.82) is 0 Å². The van der Waals surface area contributed by atoms with Crippen molar-refractivity contribution in [3.05, 3.63) is 53.3 Å². The largest absolute Gasteiger partial charge is 0.398 e. The highest BCUT2D eigenvalue weighted by molar-refractivity contribution is 7.92. The number of nitrogen functional groups attached to an aromatic ring is 1. The van der Waals surface area contributed by atoms with Gasteiger partial charge in [-0.05, 0) is 43.7 Å². The normalized spacial score (nSPS) is 11.3. The van der Waals surface area contributed by atoms with Crippen molar-refractivity contribution in [2.45, 2.75) is 18.7 Å². The maximum Gasteiger partial charge on any atom is 0.261 e. The van der Waals surface area contributed by atoms with Crippen LogP contribution in [0.25, 0.3) is 0 Å². The van der Waals surface area contributed by atoms with E-state index < -0.39 is 15.8 Å². The number of anilines is 2. The lowest BCUT2D eigenvalue weighted by atomic mass is 10.2. The molecule has 2 rings (SSSR count). The average molecular weight is 294 g/mol. The van der Waals surface area contributed by atoms with Crippen molar-refractivity contribution in [2.24, 2.45) is 0 Å². The number of hydrogen-bond acceptors (Lipinski definition) is 3. The van der Waals surface area contributed by atoms with Crippen LogP contribution in [0.5, 0.6) is 0 Å². The molecule has 4 nitrogen and oxygen atoms in total. The van der Waals surface area contributed by atoms with Gasteiger partial charge in [-0.3, -0.25) is 4.72 Å². The van der Waals surface area contributed by atoms with E-state index in [2.05, 4.69) is 4.72 Å². The molecule has 0 aromatic heterocycles. The monoisotopic (exact) mass is 294 g/mol. The minimum Gasteiger partial charge on any atom is -0.398 e. The third-order valence-corrected chi connectivity index (χ3v) is 4.44. The number of nitrogens with two attached hydrogens (primary N) is 1. The lowest BCUT2D eigenvalue weighted by molar-refractivity contribution is 0.600. The molecule has 20 heavy (non-hydrogen) atoms. The van der Waals surface area contributed by atoms with Crippen LogP contribution in [-0.2, 0) is 10.0 Å². The van der Waals surface area contributed by atoms with E-state index in [9.17, 15) is 12.8 Å². The van der Waals surface area contributed by atoms with Gasteiger partial charge in [-0.1, -0.05) is 12.1 Å². The smallest absolute Gasteiger partial charge is 0.261 e. The first-order valence-corrected chi connectivity index (χ1v) is 7.43. The molecule has 2 aromatic rings. The lowest BCUT2D eigenvalue weighted by Crippen LogP contribution is -2.14. The summed E-state index contributed by atoms with van der Waals surface area (Å²) in [5.41, 5.74) is 7.36. The highest BCUT2D eigenvalue weighted by Gasteiger charge is 2.16. The molecule has 0 radical (unpaired) electrons. The van der Waals surface area contributed by atoms with Crippen LogP contribution in [-0.4, -0.2) is 8.42 Å². The summed E-state index contributed by atoms with van der Waals surface area (Å²) in [6.45, 7) is 3.30. The van der Waals surface area contributed by atoms with Gasteiger partial charge in [0.05, 0.1) is 10.6 Å². The molecule has 0 bridgehead atoms. The number of rotatable bonds is 3. The zero-order valence-electron chi connectivity index (χ0n) is 11.1. The Morgan fingerprint density at radius 2 is 1.85 bits per heavy atom. The first kappa shape index (κ1) is 14.3. The first-order valence-electron chi connectivity index (χ1n) is 5.95. The maximum atomic E-state index is 13.4. The van der Waals surface area contributed by atoms with Gasteiger partial charge in [0.2, 0.25) is 0 Å². The molecular formula is C14H15FN2O2S. The van der Waals surface area contributed by atoms with Gasteiger partial charge in [0.25, 0.3) is 10.0 Å². The Morgan fingerprint density at radius 1 is 1.15 bits per heavy atom. The fraction of sp³-hybridized carbons (Fsp3) is 0.143. The van der Waals surface area contributed by atoms with Crippen LogP contribution in [0.1, 0.15) is 11.1 Å². The van der Waals surface area contributed by atoms with Gasteiger partial charge in [-0.25, -0.2) is 12.8 Å². The summed E-state index contributed by atoms with van der Waals surface area (Å²) in [5.74, 6) is -0.464. The summed E-state index contributed by atoms with van der Waals surface area (Å²) in [6.07, 6.45) is 0. The molecule has 0 aliphatic rings. The number of sulfonamides is 1. The fourth-order valence-electron chi connectivity index (χ4n) is 1.71. The van der Waals surface area contributed by atoms with Crippen LogP contribution in [0.3, 0.4) is 0 Å². The van der Waals surface area contributed by atoms with E-state index in [0.29, 0.717) is 5.69 Å². The minimum atomic E-state index is -3.79. The SMILES string of the molecule is Cc1ccc(S(=O)(=O)Nc2cccc(F)c2C)cc1N. The molecule has 0 saturated heterocycles. The Hall–Kier alpha value is -2.08. The molecule has 0 unspecified atom stereocenters. The molecule has 106 valence electrons. The number of aryl methyl sites for hydroxylation is 1. The van der Waals surface area contributed by atoms with E-state index in [1.165, 1.54) is 37.3 Å². The van der Waals surface area contributed by atoms with Crippen molar-refractivity contribution in [2.75, 3.05) is 10.5 Å². The average Bonchev–Trinajstić information content (AvgIpc) is 2.38. The fourth-order valence-corrected chi connectivity index (χ4v) is 2.87. The number of nitrogens with one attached hydrogen (secondary N) is 1. The zero-order chi connectivity index (χ0) is 14.9. The third-order valence-electron chi connectivity index (χ3n) is 3.07. The zero-order valence-corrected chi connectivity index (χ0v) is 12.0. The van der Waals surface area contributed by atoms with Gasteiger partial charge in [-0.2, -0.15) is 0 Å². The number of benzene rings is 2. The Labute approximate surface area is 117 Å². The van der Waals surface area contributed by atoms with Crippen molar-refractivity contribution < 1.29 is 12.8 Å². The second-order valence-corrected chi connectivity index (χ2v) is 6.22. The second kappa shape index (κ2) is 5.13. The third kappa shape index (κ3) is 2.75. The van der Waals surface area contributed by atoms with Gasteiger partial charge in [0.1, 0.15) is 5.82 Å². The molecule has 0 aliphatic carbocycles. The van der Waals surface area contributed by atoms with Crippen LogP contribution >= 0.6 is 0 Å². The summed E-state index contributed by atoms with van der Waals surface area (Å²) >= 11 is 0. The topological polar surface area (TPSA) is 72.2 Å². The Morgan fingerprint density at radius 3 is 2.50 bits per heavy atom. The molecule has 3 N–H and O–H groups in total. The van der Waals surface area contributed by atoms with E-state index in [0.717, 1.165) is 5.56 Å². The van der Waals surface area contributed by atoms with Gasteiger partial charge in [0.15, 0.2) is 0 Å². The standard InChI is InChI=1S/C14H15FN2O2S/c1-9-6-7-11(8-13(9)16)20(18,19)17-14-5-3-4-12(15)10(14)2/h3-8,17H,16H2,1-2H3. The van der Waals surface area contributed by atoms with E-state index >= 15 is 0 Å². The van der Waals surface area contributed by atoms with Crippen LogP contribution < -0.4 is 10.5 Å². The molecule has 2 aromatic carbocycles. The predicted octanol–water partition coefficient (Wildman–Crippen LogP) is 2.83. The van der Waals surface area contributed by atoms with Gasteiger partial charge >= 0.3 is 0 Å². The molecule has 0 saturated carbocycles. The molecule has 0 heterocycles. The van der Waals surface area contributed by atoms with Crippen LogP contribution in [0.2, 0.25) is 0 Å². The Balaban J connectivity index is 2.41. The summed E-state index contributed by atoms with van der Waals surface area (Å²) < 4.78 is 40.3. The summed E-state index contributed by atoms with van der Waals surface area (Å²) in [7, 11) is -3.79. The quantitative estimate of drug-likeness (QED) is 0.855. The minimum absolute atomic E-state index is 0.0456. The van der Waals surface area contributed by atoms with Crippen LogP contribution in [0.4, 0.5) is 15.8 Å². The van der Waals surface area contributed by atoms with E-state index in [-0.39, 0.29) is 16.1 Å². The van der Waals surface area contributed by atoms with E-state index in [4.69, 9.17) is 5.73 Å². The van der Waals surface area contributed by atoms with E-state index in [1.54, 1.807) is 13.0 Å². The van der Waals surface area contributed by atoms with Crippen molar-refractivity contribution >= 4 is 21.4 Å². The second-order valence-electron chi connectivity index (χ2n) is 4.54. The maximum absolute atomic E-state index is 13.4. The Kier molecular flexibility index (Phi) is 3.67. The lowest BCUT2D eigenvalue weighted by Gasteiger charge is -2.12. The molecule has 6 heteroatoms. The molecule has 0 amide bonds. The molecule has 0 spiro atoms. The Bertz CT molecular complexity index is 758. The highest BCUT2D eigenvalue weighted by Crippen LogP contribution is 2.23. The predicted molar refractivity (Wildman–Crippen MR) is 77.5 cm³/mol. The van der Waals surface area contributed by atoms with Gasteiger partial charge < -0.3 is 5.73 Å². The molecular weight excluding hydrogens is 279 g/mol. The molecule has 0 aliphatic heterocycles. The van der Waals surface area contributed by atoms with Gasteiger partial charge in [0, 0.05) is 11.3 Å². The highest BCUT2D eigenvalue weighted by atomic mass is 32.2. The first-order chi connectivity index (χ1) is 9.31. The number of hydrogen-bond donors (Lipinski definition) is 2. The van der Waals surface area contributed by atoms with Gasteiger partial charge in [-0.15, -0.1) is 0 Å². The molecule has 0 fully saturated rings. The van der Waals surface area contributed by atoms with Crippen molar-refractivity contribution in [3.63, 3.8) is 0 Å². The molecule has 0 atom stereocenters. The summed E-state index contributed by atoms with van der Waals surface area (Å²) in [4.78, 5) is 0.0456.